The summed E-state index contributed by atoms with van der Waals surface area (Å²) in [5.41, 5.74) is 10.2. The molecule has 4 aromatic rings. The average molecular weight is 479 g/mol. The Balaban J connectivity index is 1.48. The van der Waals surface area contributed by atoms with Gasteiger partial charge in [0.1, 0.15) is 18.2 Å². The lowest BCUT2D eigenvalue weighted by atomic mass is 9.99. The van der Waals surface area contributed by atoms with E-state index in [0.717, 1.165) is 11.1 Å². The lowest BCUT2D eigenvalue weighted by Gasteiger charge is -2.14. The minimum atomic E-state index is -0.258. The first-order valence-electron chi connectivity index (χ1n) is 11.4. The Morgan fingerprint density at radius 3 is 2.47 bits per heavy atom. The van der Waals surface area contributed by atoms with Gasteiger partial charge in [0.25, 0.3) is 0 Å². The minimum absolute atomic E-state index is 0.0284. The van der Waals surface area contributed by atoms with E-state index in [2.05, 4.69) is 10.3 Å². The molecule has 0 saturated carbocycles. The number of hydrogen-bond acceptors (Lipinski definition) is 5. The van der Waals surface area contributed by atoms with Gasteiger partial charge in [-0.15, -0.1) is 0 Å². The second-order valence-corrected chi connectivity index (χ2v) is 8.34. The molecule has 1 aromatic heterocycles. The fraction of sp³-hybridized carbons (Fsp3) is 0.103. The van der Waals surface area contributed by atoms with Crippen LogP contribution in [0.3, 0.4) is 0 Å². The van der Waals surface area contributed by atoms with E-state index in [1.807, 2.05) is 37.3 Å². The van der Waals surface area contributed by atoms with Crippen LogP contribution in [0, 0.1) is 12.3 Å². The van der Waals surface area contributed by atoms with Crippen molar-refractivity contribution in [3.8, 4) is 5.75 Å². The molecule has 1 amide bonds. The molecule has 0 unspecified atom stereocenters. The predicted molar refractivity (Wildman–Crippen MR) is 139 cm³/mol. The zero-order chi connectivity index (χ0) is 25.5. The summed E-state index contributed by atoms with van der Waals surface area (Å²) in [4.78, 5) is 29.7. The summed E-state index contributed by atoms with van der Waals surface area (Å²) in [6.45, 7) is 2.17. The van der Waals surface area contributed by atoms with Gasteiger partial charge >= 0.3 is 0 Å². The lowest BCUT2D eigenvalue weighted by molar-refractivity contribution is -0.115. The Morgan fingerprint density at radius 1 is 0.972 bits per heavy atom. The molecule has 7 heteroatoms. The van der Waals surface area contributed by atoms with Crippen molar-refractivity contribution in [2.45, 2.75) is 20.0 Å². The van der Waals surface area contributed by atoms with Crippen molar-refractivity contribution in [3.63, 3.8) is 0 Å². The number of nitrogens with two attached hydrogens (primary N) is 1. The molecule has 0 aliphatic carbocycles. The maximum atomic E-state index is 12.9. The number of rotatable bonds is 9. The fourth-order valence-electron chi connectivity index (χ4n) is 3.79. The molecule has 0 aliphatic heterocycles. The minimum Gasteiger partial charge on any atom is -0.489 e. The number of nitrogens with one attached hydrogen (secondary N) is 2. The molecule has 36 heavy (non-hydrogen) atoms. The van der Waals surface area contributed by atoms with Gasteiger partial charge in [0.15, 0.2) is 5.78 Å². The van der Waals surface area contributed by atoms with Crippen molar-refractivity contribution < 1.29 is 14.3 Å². The monoisotopic (exact) mass is 478 g/mol. The molecule has 180 valence electrons. The number of nitrogens with zero attached hydrogens (tertiary/aromatic N) is 1. The highest BCUT2D eigenvalue weighted by Gasteiger charge is 2.15. The van der Waals surface area contributed by atoms with E-state index >= 15 is 0 Å². The summed E-state index contributed by atoms with van der Waals surface area (Å²) in [6, 6.07) is 23.4. The number of carbonyl (C=O) groups is 2. The van der Waals surface area contributed by atoms with Gasteiger partial charge in [0.05, 0.1) is 6.42 Å². The zero-order valence-electron chi connectivity index (χ0n) is 19.8. The van der Waals surface area contributed by atoms with E-state index in [4.69, 9.17) is 15.9 Å². The number of amidine groups is 1. The summed E-state index contributed by atoms with van der Waals surface area (Å²) in [5.74, 6) is 0.0779. The van der Waals surface area contributed by atoms with E-state index in [1.165, 1.54) is 6.20 Å². The van der Waals surface area contributed by atoms with Crippen molar-refractivity contribution in [3.05, 3.63) is 125 Å². The molecule has 0 radical (unpaired) electrons. The van der Waals surface area contributed by atoms with Crippen LogP contribution in [0.5, 0.6) is 5.75 Å². The third-order valence-corrected chi connectivity index (χ3v) is 5.64. The number of nitrogen functional groups attached to an aromatic ring is 1. The van der Waals surface area contributed by atoms with Crippen LogP contribution in [-0.4, -0.2) is 22.5 Å². The Labute approximate surface area is 209 Å². The highest BCUT2D eigenvalue weighted by atomic mass is 16.5. The van der Waals surface area contributed by atoms with Gasteiger partial charge in [-0.3, -0.25) is 20.0 Å². The number of carbonyl (C=O) groups excluding carboxylic acids is 2. The van der Waals surface area contributed by atoms with E-state index in [1.54, 1.807) is 54.7 Å². The van der Waals surface area contributed by atoms with Crippen LogP contribution < -0.4 is 15.8 Å². The van der Waals surface area contributed by atoms with Crippen molar-refractivity contribution in [1.29, 1.82) is 5.41 Å². The van der Waals surface area contributed by atoms with Gasteiger partial charge in [-0.05, 0) is 66.6 Å². The Bertz CT molecular complexity index is 1400. The van der Waals surface area contributed by atoms with Crippen molar-refractivity contribution >= 4 is 23.2 Å². The molecule has 0 saturated heterocycles. The second kappa shape index (κ2) is 11.1. The Hall–Kier alpha value is -4.78. The summed E-state index contributed by atoms with van der Waals surface area (Å²) < 4.78 is 5.98. The molecule has 0 spiro atoms. The molecule has 0 fully saturated rings. The molecule has 3 aromatic carbocycles. The second-order valence-electron chi connectivity index (χ2n) is 8.34. The number of anilines is 1. The van der Waals surface area contributed by atoms with Crippen LogP contribution >= 0.6 is 0 Å². The topological polar surface area (TPSA) is 118 Å². The van der Waals surface area contributed by atoms with Gasteiger partial charge in [0, 0.05) is 40.3 Å². The third kappa shape index (κ3) is 6.01. The molecule has 1 heterocycles. The summed E-state index contributed by atoms with van der Waals surface area (Å²) in [5, 5.41) is 10.6. The van der Waals surface area contributed by atoms with Gasteiger partial charge in [-0.25, -0.2) is 0 Å². The van der Waals surface area contributed by atoms with Crippen molar-refractivity contribution in [1.82, 2.24) is 4.98 Å². The first-order valence-corrected chi connectivity index (χ1v) is 11.4. The number of amides is 1. The maximum absolute atomic E-state index is 12.9. The number of aryl methyl sites for hydroxylation is 1. The summed E-state index contributed by atoms with van der Waals surface area (Å²) in [7, 11) is 0. The van der Waals surface area contributed by atoms with Crippen molar-refractivity contribution in [2.24, 2.45) is 5.73 Å². The predicted octanol–water partition coefficient (Wildman–Crippen LogP) is 4.67. The van der Waals surface area contributed by atoms with Crippen LogP contribution in [0.1, 0.15) is 38.2 Å². The number of benzene rings is 3. The van der Waals surface area contributed by atoms with E-state index < -0.39 is 0 Å². The van der Waals surface area contributed by atoms with Crippen LogP contribution in [0.2, 0.25) is 0 Å². The Kier molecular flexibility index (Phi) is 7.51. The smallest absolute Gasteiger partial charge is 0.228 e. The maximum Gasteiger partial charge on any atom is 0.228 e. The fourth-order valence-corrected chi connectivity index (χ4v) is 3.79. The lowest BCUT2D eigenvalue weighted by Crippen LogP contribution is -2.17. The number of ketones is 1. The summed E-state index contributed by atoms with van der Waals surface area (Å²) in [6.07, 6.45) is 3.18. The average Bonchev–Trinajstić information content (AvgIpc) is 2.88. The van der Waals surface area contributed by atoms with Gasteiger partial charge in [-0.2, -0.15) is 0 Å². The first kappa shape index (κ1) is 24.3. The van der Waals surface area contributed by atoms with E-state index in [-0.39, 0.29) is 23.9 Å². The number of pyridine rings is 1. The highest BCUT2D eigenvalue weighted by Crippen LogP contribution is 2.24. The molecule has 7 nitrogen and oxygen atoms in total. The molecule has 0 aliphatic rings. The normalized spacial score (nSPS) is 10.5. The van der Waals surface area contributed by atoms with E-state index in [0.29, 0.717) is 40.3 Å². The SMILES string of the molecule is Cc1cc(NC(=O)Cc2cc(C(=N)N)ccc2OCc2ccccc2)ccc1C(=O)c1cccnc1. The van der Waals surface area contributed by atoms with Gasteiger partial charge in [0.2, 0.25) is 5.91 Å². The molecule has 0 bridgehead atoms. The molecular formula is C29H26N4O3. The number of ether oxygens (including phenoxy) is 1. The largest absolute Gasteiger partial charge is 0.489 e. The molecule has 0 atom stereocenters. The van der Waals surface area contributed by atoms with Gasteiger partial charge in [-0.1, -0.05) is 30.3 Å². The standard InChI is InChI=1S/C29H26N4O3/c1-19-14-24(10-11-25(19)28(35)22-8-5-13-32-17-22)33-27(34)16-23-15-21(29(30)31)9-12-26(23)36-18-20-6-3-2-4-7-20/h2-15,17H,16,18H2,1H3,(H3,30,31)(H,33,34). The molecular weight excluding hydrogens is 452 g/mol. The quantitative estimate of drug-likeness (QED) is 0.184. The number of aromatic nitrogens is 1. The van der Waals surface area contributed by atoms with Crippen LogP contribution in [0.25, 0.3) is 0 Å². The van der Waals surface area contributed by atoms with Crippen LogP contribution in [0.4, 0.5) is 5.69 Å². The zero-order valence-corrected chi connectivity index (χ0v) is 19.8. The summed E-state index contributed by atoms with van der Waals surface area (Å²) >= 11 is 0. The van der Waals surface area contributed by atoms with Crippen molar-refractivity contribution in [2.75, 3.05) is 5.32 Å². The number of hydrogen-bond donors (Lipinski definition) is 3. The third-order valence-electron chi connectivity index (χ3n) is 5.64. The van der Waals surface area contributed by atoms with Gasteiger partial charge < -0.3 is 15.8 Å². The van der Waals surface area contributed by atoms with Crippen LogP contribution in [-0.2, 0) is 17.8 Å². The first-order chi connectivity index (χ1) is 17.4. The Morgan fingerprint density at radius 2 is 1.78 bits per heavy atom. The molecule has 4 rings (SSSR count). The molecule has 4 N–H and O–H groups in total. The van der Waals surface area contributed by atoms with E-state index in [9.17, 15) is 9.59 Å². The highest BCUT2D eigenvalue weighted by molar-refractivity contribution is 6.10. The van der Waals surface area contributed by atoms with Crippen LogP contribution in [0.15, 0.2) is 91.3 Å².